The Kier molecular flexibility index (Phi) is 7.23. The standard InChI is InChI=1S/C27H32N4O2/c1-20(2)26(29-25(32)17-22-11-7-4-8-12-22)27(33)30-16-14-24-23(18-30)28-19-31(24)15-13-21-9-5-3-6-10-21/h3-12,19-20,26H,13-18H2,1-2H3,(H,29,32). The average molecular weight is 445 g/mol. The zero-order valence-corrected chi connectivity index (χ0v) is 19.4. The van der Waals surface area contributed by atoms with Gasteiger partial charge in [0.15, 0.2) is 0 Å². The molecule has 6 nitrogen and oxygen atoms in total. The van der Waals surface area contributed by atoms with Crippen molar-refractivity contribution in [1.29, 1.82) is 0 Å². The fourth-order valence-corrected chi connectivity index (χ4v) is 4.36. The Hall–Kier alpha value is -3.41. The maximum absolute atomic E-state index is 13.3. The number of hydrogen-bond donors (Lipinski definition) is 1. The first-order valence-electron chi connectivity index (χ1n) is 11.7. The summed E-state index contributed by atoms with van der Waals surface area (Å²) in [7, 11) is 0. The van der Waals surface area contributed by atoms with Crippen molar-refractivity contribution in [1.82, 2.24) is 19.8 Å². The van der Waals surface area contributed by atoms with Crippen LogP contribution in [-0.2, 0) is 41.9 Å². The van der Waals surface area contributed by atoms with E-state index < -0.39 is 6.04 Å². The normalized spacial score (nSPS) is 14.1. The number of carbonyl (C=O) groups excluding carboxylic acids is 2. The molecule has 33 heavy (non-hydrogen) atoms. The summed E-state index contributed by atoms with van der Waals surface area (Å²) in [6, 6.07) is 19.5. The first kappa shape index (κ1) is 22.8. The van der Waals surface area contributed by atoms with Crippen LogP contribution in [0.4, 0.5) is 0 Å². The number of benzene rings is 2. The van der Waals surface area contributed by atoms with Gasteiger partial charge < -0.3 is 14.8 Å². The highest BCUT2D eigenvalue weighted by Crippen LogP contribution is 2.20. The maximum Gasteiger partial charge on any atom is 0.245 e. The highest BCUT2D eigenvalue weighted by molar-refractivity contribution is 5.88. The predicted molar refractivity (Wildman–Crippen MR) is 128 cm³/mol. The van der Waals surface area contributed by atoms with E-state index in [1.54, 1.807) is 0 Å². The van der Waals surface area contributed by atoms with E-state index >= 15 is 0 Å². The van der Waals surface area contributed by atoms with Gasteiger partial charge >= 0.3 is 0 Å². The fourth-order valence-electron chi connectivity index (χ4n) is 4.36. The molecule has 1 aliphatic rings. The summed E-state index contributed by atoms with van der Waals surface area (Å²) in [6.07, 6.45) is 3.89. The summed E-state index contributed by atoms with van der Waals surface area (Å²) >= 11 is 0. The van der Waals surface area contributed by atoms with E-state index in [4.69, 9.17) is 0 Å². The zero-order chi connectivity index (χ0) is 23.2. The molecule has 172 valence electrons. The quantitative estimate of drug-likeness (QED) is 0.579. The van der Waals surface area contributed by atoms with Crippen LogP contribution in [0.25, 0.3) is 0 Å². The molecular formula is C27H32N4O2. The molecule has 0 saturated carbocycles. The second-order valence-corrected chi connectivity index (χ2v) is 9.03. The number of aryl methyl sites for hydroxylation is 2. The Morgan fingerprint density at radius 2 is 1.67 bits per heavy atom. The Morgan fingerprint density at radius 1 is 1.00 bits per heavy atom. The summed E-state index contributed by atoms with van der Waals surface area (Å²) in [5.74, 6) is -0.158. The Morgan fingerprint density at radius 3 is 2.33 bits per heavy atom. The van der Waals surface area contributed by atoms with Gasteiger partial charge in [0.05, 0.1) is 25.0 Å². The lowest BCUT2D eigenvalue weighted by Gasteiger charge is -2.32. The van der Waals surface area contributed by atoms with Gasteiger partial charge in [0.25, 0.3) is 0 Å². The zero-order valence-electron chi connectivity index (χ0n) is 19.4. The van der Waals surface area contributed by atoms with Crippen molar-refractivity contribution >= 4 is 11.8 Å². The van der Waals surface area contributed by atoms with Crippen molar-refractivity contribution in [2.24, 2.45) is 5.92 Å². The van der Waals surface area contributed by atoms with Gasteiger partial charge in [-0.25, -0.2) is 4.98 Å². The Bertz CT molecular complexity index is 1080. The van der Waals surface area contributed by atoms with Crippen LogP contribution in [0, 0.1) is 5.92 Å². The maximum atomic E-state index is 13.3. The molecule has 0 saturated heterocycles. The van der Waals surface area contributed by atoms with Crippen LogP contribution in [0.5, 0.6) is 0 Å². The van der Waals surface area contributed by atoms with E-state index in [0.29, 0.717) is 13.1 Å². The third kappa shape index (κ3) is 5.69. The number of carbonyl (C=O) groups is 2. The lowest BCUT2D eigenvalue weighted by molar-refractivity contribution is -0.138. The Labute approximate surface area is 195 Å². The van der Waals surface area contributed by atoms with Crippen molar-refractivity contribution in [3.63, 3.8) is 0 Å². The van der Waals surface area contributed by atoms with Crippen molar-refractivity contribution in [3.05, 3.63) is 89.5 Å². The molecule has 2 heterocycles. The molecule has 4 rings (SSSR count). The molecule has 0 bridgehead atoms. The number of nitrogens with zero attached hydrogens (tertiary/aromatic N) is 3. The number of imidazole rings is 1. The van der Waals surface area contributed by atoms with Crippen LogP contribution in [0.3, 0.4) is 0 Å². The lowest BCUT2D eigenvalue weighted by Crippen LogP contribution is -2.52. The monoisotopic (exact) mass is 444 g/mol. The van der Waals surface area contributed by atoms with E-state index in [2.05, 4.69) is 39.1 Å². The minimum absolute atomic E-state index is 0.00190. The van der Waals surface area contributed by atoms with Gasteiger partial charge in [-0.1, -0.05) is 74.5 Å². The van der Waals surface area contributed by atoms with Crippen molar-refractivity contribution in [2.75, 3.05) is 6.54 Å². The topological polar surface area (TPSA) is 67.2 Å². The number of fused-ring (bicyclic) bond motifs is 1. The van der Waals surface area contributed by atoms with Gasteiger partial charge in [-0.15, -0.1) is 0 Å². The van der Waals surface area contributed by atoms with E-state index in [9.17, 15) is 9.59 Å². The minimum Gasteiger partial charge on any atom is -0.344 e. The van der Waals surface area contributed by atoms with Crippen LogP contribution in [-0.4, -0.2) is 38.9 Å². The first-order chi connectivity index (χ1) is 16.0. The summed E-state index contributed by atoms with van der Waals surface area (Å²) < 4.78 is 2.21. The molecule has 1 unspecified atom stereocenters. The van der Waals surface area contributed by atoms with Gasteiger partial charge in [0.2, 0.25) is 11.8 Å². The molecular weight excluding hydrogens is 412 g/mol. The SMILES string of the molecule is CC(C)C(NC(=O)Cc1ccccc1)C(=O)N1CCc2c(ncn2CCc2ccccc2)C1. The van der Waals surface area contributed by atoms with Crippen LogP contribution in [0.1, 0.15) is 36.4 Å². The van der Waals surface area contributed by atoms with E-state index in [0.717, 1.165) is 30.6 Å². The molecule has 0 spiro atoms. The third-order valence-corrected chi connectivity index (χ3v) is 6.24. The van der Waals surface area contributed by atoms with E-state index in [1.165, 1.54) is 11.3 Å². The minimum atomic E-state index is -0.539. The Balaban J connectivity index is 1.37. The number of aromatic nitrogens is 2. The first-order valence-corrected chi connectivity index (χ1v) is 11.7. The molecule has 3 aromatic rings. The van der Waals surface area contributed by atoms with Crippen molar-refractivity contribution in [3.8, 4) is 0 Å². The van der Waals surface area contributed by atoms with Gasteiger partial charge in [-0.3, -0.25) is 9.59 Å². The molecule has 0 aliphatic carbocycles. The molecule has 0 radical (unpaired) electrons. The van der Waals surface area contributed by atoms with E-state index in [-0.39, 0.29) is 24.2 Å². The van der Waals surface area contributed by atoms with Gasteiger partial charge in [-0.05, 0) is 23.5 Å². The van der Waals surface area contributed by atoms with E-state index in [1.807, 2.05) is 61.5 Å². The molecule has 1 aromatic heterocycles. The largest absolute Gasteiger partial charge is 0.344 e. The van der Waals surface area contributed by atoms with Crippen LogP contribution < -0.4 is 5.32 Å². The third-order valence-electron chi connectivity index (χ3n) is 6.24. The molecule has 2 aromatic carbocycles. The highest BCUT2D eigenvalue weighted by atomic mass is 16.2. The van der Waals surface area contributed by atoms with Crippen LogP contribution >= 0.6 is 0 Å². The molecule has 2 amide bonds. The number of rotatable bonds is 8. The predicted octanol–water partition coefficient (Wildman–Crippen LogP) is 3.39. The molecule has 1 N–H and O–H groups in total. The van der Waals surface area contributed by atoms with Crippen molar-refractivity contribution < 1.29 is 9.59 Å². The van der Waals surface area contributed by atoms with Gasteiger partial charge in [-0.2, -0.15) is 0 Å². The van der Waals surface area contributed by atoms with Gasteiger partial charge in [0.1, 0.15) is 6.04 Å². The second-order valence-electron chi connectivity index (χ2n) is 9.03. The highest BCUT2D eigenvalue weighted by Gasteiger charge is 2.32. The van der Waals surface area contributed by atoms with Gasteiger partial charge in [0, 0.05) is 25.2 Å². The summed E-state index contributed by atoms with van der Waals surface area (Å²) in [6.45, 7) is 5.95. The fraction of sp³-hybridized carbons (Fsp3) is 0.370. The second kappa shape index (κ2) is 10.5. The van der Waals surface area contributed by atoms with Crippen molar-refractivity contribution in [2.45, 2.75) is 52.2 Å². The number of hydrogen-bond acceptors (Lipinski definition) is 3. The van der Waals surface area contributed by atoms with Crippen LogP contribution in [0.2, 0.25) is 0 Å². The summed E-state index contributed by atoms with van der Waals surface area (Å²) in [4.78, 5) is 32.4. The molecule has 6 heteroatoms. The van der Waals surface area contributed by atoms with Crippen LogP contribution in [0.15, 0.2) is 67.0 Å². The molecule has 1 aliphatic heterocycles. The smallest absolute Gasteiger partial charge is 0.245 e. The molecule has 0 fully saturated rings. The lowest BCUT2D eigenvalue weighted by atomic mass is 10.0. The number of amides is 2. The number of nitrogens with one attached hydrogen (secondary N) is 1. The summed E-state index contributed by atoms with van der Waals surface area (Å²) in [5, 5.41) is 2.97. The molecule has 1 atom stereocenters. The average Bonchev–Trinajstić information content (AvgIpc) is 3.24. The summed E-state index contributed by atoms with van der Waals surface area (Å²) in [5.41, 5.74) is 4.41.